The van der Waals surface area contributed by atoms with Crippen LogP contribution in [-0.4, -0.2) is 16.1 Å². The lowest BCUT2D eigenvalue weighted by Gasteiger charge is -2.04. The minimum atomic E-state index is 0.657. The lowest BCUT2D eigenvalue weighted by atomic mass is 10.1. The van der Waals surface area contributed by atoms with Gasteiger partial charge >= 0.3 is 0 Å². The molecule has 86 valence electrons. The summed E-state index contributed by atoms with van der Waals surface area (Å²) < 4.78 is 2.25. The maximum Gasteiger partial charge on any atom is 0.111 e. The number of aryl methyl sites for hydroxylation is 2. The average Bonchev–Trinajstić information content (AvgIpc) is 2.65. The van der Waals surface area contributed by atoms with Crippen LogP contribution in [0.25, 0.3) is 11.0 Å². The molecule has 0 aliphatic rings. The molecule has 0 radical (unpaired) electrons. The second-order valence-corrected chi connectivity index (χ2v) is 3.99. The van der Waals surface area contributed by atoms with Crippen LogP contribution < -0.4 is 5.73 Å². The number of nitrogens with two attached hydrogens (primary N) is 1. The fourth-order valence-electron chi connectivity index (χ4n) is 2.12. The van der Waals surface area contributed by atoms with E-state index in [4.69, 9.17) is 5.73 Å². The molecule has 0 atom stereocenters. The minimum Gasteiger partial charge on any atom is -0.330 e. The summed E-state index contributed by atoms with van der Waals surface area (Å²) in [5, 5.41) is 0. The standard InChI is InChI=1S/C13H19N3/c1-3-10-5-6-12-11(9-10)15-13(7-8-14)16(12)4-2/h5-6,9H,3-4,7-8,14H2,1-2H3. The van der Waals surface area contributed by atoms with Crippen molar-refractivity contribution in [3.63, 3.8) is 0 Å². The van der Waals surface area contributed by atoms with Gasteiger partial charge in [-0.15, -0.1) is 0 Å². The van der Waals surface area contributed by atoms with Crippen molar-refractivity contribution in [2.45, 2.75) is 33.2 Å². The molecule has 0 spiro atoms. The highest BCUT2D eigenvalue weighted by Gasteiger charge is 2.08. The highest BCUT2D eigenvalue weighted by atomic mass is 15.1. The summed E-state index contributed by atoms with van der Waals surface area (Å²) >= 11 is 0. The van der Waals surface area contributed by atoms with Crippen LogP contribution in [-0.2, 0) is 19.4 Å². The maximum atomic E-state index is 5.61. The third-order valence-electron chi connectivity index (χ3n) is 2.98. The van der Waals surface area contributed by atoms with Gasteiger partial charge in [-0.25, -0.2) is 4.98 Å². The Morgan fingerprint density at radius 3 is 2.75 bits per heavy atom. The smallest absolute Gasteiger partial charge is 0.111 e. The molecule has 0 bridgehead atoms. The highest BCUT2D eigenvalue weighted by Crippen LogP contribution is 2.18. The Balaban J connectivity index is 2.57. The number of aromatic nitrogens is 2. The van der Waals surface area contributed by atoms with Crippen LogP contribution in [0.3, 0.4) is 0 Å². The molecule has 0 saturated heterocycles. The third-order valence-corrected chi connectivity index (χ3v) is 2.98. The molecule has 0 amide bonds. The van der Waals surface area contributed by atoms with Gasteiger partial charge in [0.1, 0.15) is 5.82 Å². The van der Waals surface area contributed by atoms with E-state index < -0.39 is 0 Å². The zero-order chi connectivity index (χ0) is 11.5. The molecule has 3 nitrogen and oxygen atoms in total. The van der Waals surface area contributed by atoms with Gasteiger partial charge in [-0.2, -0.15) is 0 Å². The molecule has 2 rings (SSSR count). The number of hydrogen-bond donors (Lipinski definition) is 1. The maximum absolute atomic E-state index is 5.61. The lowest BCUT2D eigenvalue weighted by molar-refractivity contribution is 0.711. The van der Waals surface area contributed by atoms with E-state index in [1.165, 1.54) is 11.1 Å². The second-order valence-electron chi connectivity index (χ2n) is 3.99. The first kappa shape index (κ1) is 11.1. The summed E-state index contributed by atoms with van der Waals surface area (Å²) in [5.41, 5.74) is 9.28. The molecule has 16 heavy (non-hydrogen) atoms. The van der Waals surface area contributed by atoms with Gasteiger partial charge in [0.05, 0.1) is 11.0 Å². The molecular formula is C13H19N3. The molecule has 1 aromatic heterocycles. The number of rotatable bonds is 4. The predicted molar refractivity (Wildman–Crippen MR) is 67.5 cm³/mol. The van der Waals surface area contributed by atoms with Crippen molar-refractivity contribution in [1.29, 1.82) is 0 Å². The van der Waals surface area contributed by atoms with Crippen LogP contribution in [0.2, 0.25) is 0 Å². The first-order chi connectivity index (χ1) is 7.80. The Morgan fingerprint density at radius 2 is 2.12 bits per heavy atom. The summed E-state index contributed by atoms with van der Waals surface area (Å²) in [7, 11) is 0. The largest absolute Gasteiger partial charge is 0.330 e. The van der Waals surface area contributed by atoms with Gasteiger partial charge in [0.25, 0.3) is 0 Å². The van der Waals surface area contributed by atoms with E-state index in [1.807, 2.05) is 0 Å². The Kier molecular flexibility index (Phi) is 3.25. The summed E-state index contributed by atoms with van der Waals surface area (Å²) in [6.07, 6.45) is 1.91. The molecule has 2 N–H and O–H groups in total. The summed E-state index contributed by atoms with van der Waals surface area (Å²) in [4.78, 5) is 4.66. The van der Waals surface area contributed by atoms with Crippen LogP contribution in [0.1, 0.15) is 25.2 Å². The van der Waals surface area contributed by atoms with Crippen LogP contribution in [0.4, 0.5) is 0 Å². The average molecular weight is 217 g/mol. The van der Waals surface area contributed by atoms with Gasteiger partial charge < -0.3 is 10.3 Å². The first-order valence-corrected chi connectivity index (χ1v) is 5.98. The van der Waals surface area contributed by atoms with Gasteiger partial charge in [0.2, 0.25) is 0 Å². The van der Waals surface area contributed by atoms with Crippen LogP contribution >= 0.6 is 0 Å². The predicted octanol–water partition coefficient (Wildman–Crippen LogP) is 2.12. The SMILES string of the molecule is CCc1ccc2c(c1)nc(CCN)n2CC. The fourth-order valence-corrected chi connectivity index (χ4v) is 2.12. The van der Waals surface area contributed by atoms with Gasteiger partial charge in [-0.05, 0) is 37.6 Å². The fraction of sp³-hybridized carbons (Fsp3) is 0.462. The summed E-state index contributed by atoms with van der Waals surface area (Å²) in [5.74, 6) is 1.10. The number of benzene rings is 1. The normalized spacial score (nSPS) is 11.2. The van der Waals surface area contributed by atoms with Crippen LogP contribution in [0, 0.1) is 0 Å². The van der Waals surface area contributed by atoms with E-state index in [9.17, 15) is 0 Å². The second kappa shape index (κ2) is 4.66. The molecule has 3 heteroatoms. The molecule has 0 unspecified atom stereocenters. The first-order valence-electron chi connectivity index (χ1n) is 5.98. The van der Waals surface area contributed by atoms with E-state index >= 15 is 0 Å². The van der Waals surface area contributed by atoms with Gasteiger partial charge in [0.15, 0.2) is 0 Å². The van der Waals surface area contributed by atoms with E-state index in [-0.39, 0.29) is 0 Å². The van der Waals surface area contributed by atoms with Gasteiger partial charge in [-0.3, -0.25) is 0 Å². The molecule has 0 saturated carbocycles. The number of hydrogen-bond acceptors (Lipinski definition) is 2. The Morgan fingerprint density at radius 1 is 1.31 bits per heavy atom. The Labute approximate surface area is 96.3 Å². The zero-order valence-corrected chi connectivity index (χ0v) is 10.0. The third kappa shape index (κ3) is 1.83. The topological polar surface area (TPSA) is 43.8 Å². The molecule has 0 aliphatic heterocycles. The van der Waals surface area contributed by atoms with Crippen molar-refractivity contribution < 1.29 is 0 Å². The van der Waals surface area contributed by atoms with Gasteiger partial charge in [0, 0.05) is 13.0 Å². The molecular weight excluding hydrogens is 198 g/mol. The monoisotopic (exact) mass is 217 g/mol. The molecule has 0 fully saturated rings. The molecule has 2 aromatic rings. The number of imidazole rings is 1. The van der Waals surface area contributed by atoms with E-state index in [0.29, 0.717) is 6.54 Å². The van der Waals surface area contributed by atoms with Crippen molar-refractivity contribution in [2.24, 2.45) is 5.73 Å². The van der Waals surface area contributed by atoms with E-state index in [2.05, 4.69) is 41.6 Å². The number of fused-ring (bicyclic) bond motifs is 1. The Bertz CT molecular complexity index is 485. The summed E-state index contributed by atoms with van der Waals surface area (Å²) in [6, 6.07) is 6.54. The van der Waals surface area contributed by atoms with Crippen molar-refractivity contribution in [3.05, 3.63) is 29.6 Å². The zero-order valence-electron chi connectivity index (χ0n) is 10.0. The van der Waals surface area contributed by atoms with E-state index in [0.717, 1.165) is 30.7 Å². The Hall–Kier alpha value is -1.35. The van der Waals surface area contributed by atoms with Crippen molar-refractivity contribution in [2.75, 3.05) is 6.54 Å². The van der Waals surface area contributed by atoms with Crippen molar-refractivity contribution in [1.82, 2.24) is 9.55 Å². The minimum absolute atomic E-state index is 0.657. The highest BCUT2D eigenvalue weighted by molar-refractivity contribution is 5.77. The van der Waals surface area contributed by atoms with Crippen LogP contribution in [0.5, 0.6) is 0 Å². The molecule has 0 aliphatic carbocycles. The van der Waals surface area contributed by atoms with Gasteiger partial charge in [-0.1, -0.05) is 13.0 Å². The number of nitrogens with zero attached hydrogens (tertiary/aromatic N) is 2. The van der Waals surface area contributed by atoms with Crippen molar-refractivity contribution >= 4 is 11.0 Å². The lowest BCUT2D eigenvalue weighted by Crippen LogP contribution is -2.09. The summed E-state index contributed by atoms with van der Waals surface area (Å²) in [6.45, 7) is 5.93. The quantitative estimate of drug-likeness (QED) is 0.852. The van der Waals surface area contributed by atoms with E-state index in [1.54, 1.807) is 0 Å². The molecule has 1 aromatic carbocycles. The van der Waals surface area contributed by atoms with Crippen molar-refractivity contribution in [3.8, 4) is 0 Å². The van der Waals surface area contributed by atoms with Crippen LogP contribution in [0.15, 0.2) is 18.2 Å². The molecule has 1 heterocycles.